The maximum atomic E-state index is 13.6. The molecule has 1 aliphatic carbocycles. The van der Waals surface area contributed by atoms with Crippen molar-refractivity contribution in [2.45, 2.75) is 25.7 Å². The van der Waals surface area contributed by atoms with Crippen LogP contribution in [0.3, 0.4) is 0 Å². The summed E-state index contributed by atoms with van der Waals surface area (Å²) in [5.41, 5.74) is 0.500. The van der Waals surface area contributed by atoms with E-state index in [1.807, 2.05) is 0 Å². The van der Waals surface area contributed by atoms with Gasteiger partial charge in [-0.25, -0.2) is 13.8 Å². The first-order chi connectivity index (χ1) is 9.54. The minimum Gasteiger partial charge on any atom is -0.435 e. The van der Waals surface area contributed by atoms with Gasteiger partial charge in [0.05, 0.1) is 0 Å². The summed E-state index contributed by atoms with van der Waals surface area (Å²) in [5, 5.41) is 0.272. The molecular formula is C14H11ClF2N2O. The van der Waals surface area contributed by atoms with Crippen molar-refractivity contribution >= 4 is 11.6 Å². The highest BCUT2D eigenvalue weighted by molar-refractivity contribution is 6.30. The van der Waals surface area contributed by atoms with E-state index in [1.54, 1.807) is 6.92 Å². The van der Waals surface area contributed by atoms with Gasteiger partial charge in [-0.05, 0) is 31.9 Å². The predicted octanol–water partition coefficient (Wildman–Crippen LogP) is 4.39. The molecule has 6 heteroatoms. The van der Waals surface area contributed by atoms with Crippen LogP contribution in [-0.2, 0) is 0 Å². The molecule has 0 atom stereocenters. The molecule has 1 aliphatic rings. The quantitative estimate of drug-likeness (QED) is 0.788. The molecule has 1 fully saturated rings. The Morgan fingerprint density at radius 3 is 2.70 bits per heavy atom. The molecule has 0 saturated heterocycles. The van der Waals surface area contributed by atoms with Crippen molar-refractivity contribution in [3.05, 3.63) is 46.4 Å². The summed E-state index contributed by atoms with van der Waals surface area (Å²) < 4.78 is 32.1. The molecule has 0 spiro atoms. The lowest BCUT2D eigenvalue weighted by Crippen LogP contribution is -2.01. The minimum absolute atomic E-state index is 0.163. The van der Waals surface area contributed by atoms with E-state index in [2.05, 4.69) is 9.97 Å². The molecule has 1 aromatic carbocycles. The van der Waals surface area contributed by atoms with Crippen LogP contribution in [0.4, 0.5) is 8.78 Å². The van der Waals surface area contributed by atoms with Crippen LogP contribution in [0, 0.1) is 18.6 Å². The molecule has 0 radical (unpaired) electrons. The van der Waals surface area contributed by atoms with Gasteiger partial charge in [-0.1, -0.05) is 11.6 Å². The molecule has 0 bridgehead atoms. The van der Waals surface area contributed by atoms with E-state index in [9.17, 15) is 8.78 Å². The van der Waals surface area contributed by atoms with Crippen molar-refractivity contribution in [1.29, 1.82) is 0 Å². The van der Waals surface area contributed by atoms with E-state index in [0.717, 1.165) is 31.0 Å². The highest BCUT2D eigenvalue weighted by Crippen LogP contribution is 2.40. The average molecular weight is 297 g/mol. The average Bonchev–Trinajstić information content (AvgIpc) is 3.23. The van der Waals surface area contributed by atoms with Crippen molar-refractivity contribution < 1.29 is 13.5 Å². The second-order valence-corrected chi connectivity index (χ2v) is 5.11. The van der Waals surface area contributed by atoms with Crippen LogP contribution >= 0.6 is 11.6 Å². The van der Waals surface area contributed by atoms with Gasteiger partial charge in [0.2, 0.25) is 5.88 Å². The van der Waals surface area contributed by atoms with Crippen molar-refractivity contribution in [1.82, 2.24) is 9.97 Å². The van der Waals surface area contributed by atoms with Crippen molar-refractivity contribution in [3.8, 4) is 11.6 Å². The van der Waals surface area contributed by atoms with E-state index >= 15 is 0 Å². The van der Waals surface area contributed by atoms with E-state index in [4.69, 9.17) is 16.3 Å². The molecule has 1 saturated carbocycles. The Morgan fingerprint density at radius 2 is 2.00 bits per heavy atom. The number of hydrogen-bond acceptors (Lipinski definition) is 3. The number of hydrogen-bond donors (Lipinski definition) is 0. The van der Waals surface area contributed by atoms with Crippen LogP contribution in [0.5, 0.6) is 11.6 Å². The third kappa shape index (κ3) is 2.58. The van der Waals surface area contributed by atoms with Gasteiger partial charge in [0, 0.05) is 17.5 Å². The molecule has 3 rings (SSSR count). The fourth-order valence-electron chi connectivity index (χ4n) is 1.77. The first-order valence-electron chi connectivity index (χ1n) is 6.21. The van der Waals surface area contributed by atoms with Gasteiger partial charge in [-0.2, -0.15) is 4.98 Å². The standard InChI is InChI=1S/C14H11ClF2N2O/c1-7-12(15)18-13(8-2-3-8)19-14(7)20-11-6-9(16)4-5-10(11)17/h4-6,8H,2-3H2,1H3. The Hall–Kier alpha value is -1.75. The van der Waals surface area contributed by atoms with Crippen molar-refractivity contribution in [2.75, 3.05) is 0 Å². The van der Waals surface area contributed by atoms with Gasteiger partial charge < -0.3 is 4.74 Å². The van der Waals surface area contributed by atoms with Gasteiger partial charge in [0.15, 0.2) is 11.6 Å². The number of benzene rings is 1. The number of rotatable bonds is 3. The third-order valence-corrected chi connectivity index (χ3v) is 3.47. The van der Waals surface area contributed by atoms with Crippen LogP contribution in [0.2, 0.25) is 5.15 Å². The van der Waals surface area contributed by atoms with Crippen LogP contribution in [0.25, 0.3) is 0 Å². The molecule has 0 unspecified atom stereocenters. The molecule has 0 amide bonds. The number of halogens is 3. The summed E-state index contributed by atoms with van der Waals surface area (Å²) in [6, 6.07) is 3.00. The maximum Gasteiger partial charge on any atom is 0.227 e. The number of nitrogens with zero attached hydrogens (tertiary/aromatic N) is 2. The second-order valence-electron chi connectivity index (χ2n) is 4.75. The fraction of sp³-hybridized carbons (Fsp3) is 0.286. The molecule has 0 aliphatic heterocycles. The Kier molecular flexibility index (Phi) is 3.30. The topological polar surface area (TPSA) is 35.0 Å². The molecule has 1 aromatic heterocycles. The maximum absolute atomic E-state index is 13.6. The highest BCUT2D eigenvalue weighted by Gasteiger charge is 2.28. The highest BCUT2D eigenvalue weighted by atomic mass is 35.5. The van der Waals surface area contributed by atoms with E-state index in [0.29, 0.717) is 11.4 Å². The zero-order chi connectivity index (χ0) is 14.3. The normalized spacial score (nSPS) is 14.4. The zero-order valence-electron chi connectivity index (χ0n) is 10.7. The fourth-order valence-corrected chi connectivity index (χ4v) is 1.94. The van der Waals surface area contributed by atoms with Crippen LogP contribution in [0.15, 0.2) is 18.2 Å². The minimum atomic E-state index is -0.659. The summed E-state index contributed by atoms with van der Waals surface area (Å²) in [4.78, 5) is 8.44. The predicted molar refractivity (Wildman–Crippen MR) is 70.2 cm³/mol. The summed E-state index contributed by atoms with van der Waals surface area (Å²) in [7, 11) is 0. The second kappa shape index (κ2) is 4.98. The molecular weight excluding hydrogens is 286 g/mol. The monoisotopic (exact) mass is 296 g/mol. The molecule has 2 aromatic rings. The van der Waals surface area contributed by atoms with Gasteiger partial charge in [-0.3, -0.25) is 0 Å². The number of aromatic nitrogens is 2. The lowest BCUT2D eigenvalue weighted by molar-refractivity contribution is 0.416. The van der Waals surface area contributed by atoms with E-state index < -0.39 is 11.6 Å². The Balaban J connectivity index is 1.99. The van der Waals surface area contributed by atoms with Crippen molar-refractivity contribution in [3.63, 3.8) is 0 Å². The van der Waals surface area contributed by atoms with Crippen LogP contribution < -0.4 is 4.74 Å². The van der Waals surface area contributed by atoms with Crippen LogP contribution in [-0.4, -0.2) is 9.97 Å². The summed E-state index contributed by atoms with van der Waals surface area (Å²) >= 11 is 6.03. The molecule has 20 heavy (non-hydrogen) atoms. The van der Waals surface area contributed by atoms with E-state index in [-0.39, 0.29) is 22.7 Å². The third-order valence-electron chi connectivity index (χ3n) is 3.10. The van der Waals surface area contributed by atoms with E-state index in [1.165, 1.54) is 0 Å². The Morgan fingerprint density at radius 1 is 1.25 bits per heavy atom. The first-order valence-corrected chi connectivity index (χ1v) is 6.59. The summed E-state index contributed by atoms with van der Waals surface area (Å²) in [6.45, 7) is 1.67. The molecule has 0 N–H and O–H groups in total. The SMILES string of the molecule is Cc1c(Cl)nc(C2CC2)nc1Oc1cc(F)ccc1F. The molecule has 3 nitrogen and oxygen atoms in total. The van der Waals surface area contributed by atoms with Gasteiger partial charge in [0.25, 0.3) is 0 Å². The van der Waals surface area contributed by atoms with Gasteiger partial charge >= 0.3 is 0 Å². The van der Waals surface area contributed by atoms with Gasteiger partial charge in [-0.15, -0.1) is 0 Å². The largest absolute Gasteiger partial charge is 0.435 e. The van der Waals surface area contributed by atoms with Crippen molar-refractivity contribution in [2.24, 2.45) is 0 Å². The van der Waals surface area contributed by atoms with Gasteiger partial charge in [0.1, 0.15) is 16.8 Å². The Labute approximate surface area is 119 Å². The molecule has 1 heterocycles. The summed E-state index contributed by atoms with van der Waals surface area (Å²) in [6.07, 6.45) is 2.01. The lowest BCUT2D eigenvalue weighted by atomic mass is 10.3. The number of ether oxygens (including phenoxy) is 1. The van der Waals surface area contributed by atoms with Crippen LogP contribution in [0.1, 0.15) is 30.1 Å². The summed E-state index contributed by atoms with van der Waals surface area (Å²) in [5.74, 6) is -0.420. The first kappa shape index (κ1) is 13.2. The lowest BCUT2D eigenvalue weighted by Gasteiger charge is -2.10. The Bertz CT molecular complexity index is 674. The smallest absolute Gasteiger partial charge is 0.227 e. The zero-order valence-corrected chi connectivity index (χ0v) is 11.4. The molecule has 104 valence electrons.